The number of allylic oxidation sites excluding steroid dienone is 1. The Hall–Kier alpha value is -1.77. The highest BCUT2D eigenvalue weighted by atomic mass is 35.5. The van der Waals surface area contributed by atoms with Gasteiger partial charge in [0.15, 0.2) is 0 Å². The topological polar surface area (TPSA) is 37.3 Å². The molecular formula is C17H18Cl2O2. The zero-order valence-corrected chi connectivity index (χ0v) is 13.5. The Morgan fingerprint density at radius 1 is 1.10 bits per heavy atom. The van der Waals surface area contributed by atoms with Crippen molar-refractivity contribution >= 4 is 29.2 Å². The molecule has 0 aliphatic carbocycles. The zero-order valence-electron chi connectivity index (χ0n) is 12.0. The standard InChI is InChI=1S/C12H8Cl2.C3H6.C2H4O2/c13-11-8-4-7-10(12(11)14)9-5-2-1-3-6-9;1-3-2;1-2(3)4/h1-8H;3H,1H2,2H3;1H3,(H,3,4). The van der Waals surface area contributed by atoms with Crippen LogP contribution in [0.25, 0.3) is 11.1 Å². The average Bonchev–Trinajstić information content (AvgIpc) is 2.43. The first-order chi connectivity index (χ1) is 9.93. The molecule has 4 heteroatoms. The van der Waals surface area contributed by atoms with Crippen LogP contribution >= 0.6 is 23.2 Å². The molecule has 21 heavy (non-hydrogen) atoms. The summed E-state index contributed by atoms with van der Waals surface area (Å²) in [6.07, 6.45) is 1.75. The van der Waals surface area contributed by atoms with E-state index < -0.39 is 5.97 Å². The van der Waals surface area contributed by atoms with E-state index in [1.165, 1.54) is 0 Å². The minimum absolute atomic E-state index is 0.591. The number of carboxylic acid groups (broad SMARTS) is 1. The molecule has 0 unspecified atom stereocenters. The molecule has 0 saturated carbocycles. The predicted octanol–water partition coefficient (Wildman–Crippen LogP) is 5.94. The number of carboxylic acids is 1. The number of carbonyl (C=O) groups is 1. The Labute approximate surface area is 135 Å². The smallest absolute Gasteiger partial charge is 0.300 e. The molecule has 2 nitrogen and oxygen atoms in total. The van der Waals surface area contributed by atoms with Crippen LogP contribution in [-0.2, 0) is 4.79 Å². The Morgan fingerprint density at radius 2 is 1.57 bits per heavy atom. The number of aliphatic carboxylic acids is 1. The molecule has 0 aliphatic rings. The van der Waals surface area contributed by atoms with Crippen molar-refractivity contribution in [2.45, 2.75) is 13.8 Å². The van der Waals surface area contributed by atoms with Gasteiger partial charge < -0.3 is 5.11 Å². The van der Waals surface area contributed by atoms with Crippen molar-refractivity contribution in [1.82, 2.24) is 0 Å². The van der Waals surface area contributed by atoms with Crippen molar-refractivity contribution in [3.8, 4) is 11.1 Å². The first-order valence-corrected chi connectivity index (χ1v) is 6.95. The molecule has 0 amide bonds. The van der Waals surface area contributed by atoms with Crippen molar-refractivity contribution in [2.24, 2.45) is 0 Å². The average molecular weight is 325 g/mol. The van der Waals surface area contributed by atoms with Gasteiger partial charge in [0.2, 0.25) is 0 Å². The molecule has 0 radical (unpaired) electrons. The second-order valence-corrected chi connectivity index (χ2v) is 4.68. The van der Waals surface area contributed by atoms with Gasteiger partial charge in [-0.1, -0.05) is 71.7 Å². The SMILES string of the molecule is C=CC.CC(=O)O.Clc1cccc(-c2ccccc2)c1Cl. The number of rotatable bonds is 1. The van der Waals surface area contributed by atoms with E-state index in [-0.39, 0.29) is 0 Å². The molecule has 0 bridgehead atoms. The lowest BCUT2D eigenvalue weighted by Crippen LogP contribution is -1.79. The van der Waals surface area contributed by atoms with E-state index in [0.29, 0.717) is 10.0 Å². The maximum absolute atomic E-state index is 9.00. The second kappa shape index (κ2) is 11.0. The van der Waals surface area contributed by atoms with Gasteiger partial charge in [-0.25, -0.2) is 0 Å². The number of halogens is 2. The van der Waals surface area contributed by atoms with E-state index in [1.807, 2.05) is 49.4 Å². The van der Waals surface area contributed by atoms with Gasteiger partial charge in [0, 0.05) is 12.5 Å². The predicted molar refractivity (Wildman–Crippen MR) is 91.1 cm³/mol. The fourth-order valence-electron chi connectivity index (χ4n) is 1.34. The van der Waals surface area contributed by atoms with Crippen molar-refractivity contribution in [3.63, 3.8) is 0 Å². The van der Waals surface area contributed by atoms with Crippen molar-refractivity contribution in [3.05, 3.63) is 71.2 Å². The first-order valence-electron chi connectivity index (χ1n) is 6.20. The maximum atomic E-state index is 9.00. The molecular weight excluding hydrogens is 307 g/mol. The van der Waals surface area contributed by atoms with Crippen LogP contribution in [0.5, 0.6) is 0 Å². The number of hydrogen-bond donors (Lipinski definition) is 1. The van der Waals surface area contributed by atoms with Crippen LogP contribution in [0.15, 0.2) is 61.2 Å². The molecule has 2 aromatic carbocycles. The Morgan fingerprint density at radius 3 is 2.05 bits per heavy atom. The number of benzene rings is 2. The lowest BCUT2D eigenvalue weighted by Gasteiger charge is -2.04. The van der Waals surface area contributed by atoms with Crippen LogP contribution in [-0.4, -0.2) is 11.1 Å². The van der Waals surface area contributed by atoms with E-state index in [9.17, 15) is 0 Å². The molecule has 0 heterocycles. The van der Waals surface area contributed by atoms with Gasteiger partial charge in [-0.05, 0) is 18.6 Å². The lowest BCUT2D eigenvalue weighted by molar-refractivity contribution is -0.134. The van der Waals surface area contributed by atoms with E-state index in [4.69, 9.17) is 33.1 Å². The molecule has 0 spiro atoms. The minimum atomic E-state index is -0.833. The Kier molecular flexibility index (Phi) is 10.0. The zero-order chi connectivity index (χ0) is 16.3. The van der Waals surface area contributed by atoms with Crippen LogP contribution in [0.2, 0.25) is 10.0 Å². The third-order valence-electron chi connectivity index (χ3n) is 2.04. The molecule has 0 saturated heterocycles. The van der Waals surface area contributed by atoms with E-state index in [2.05, 4.69) is 6.58 Å². The monoisotopic (exact) mass is 324 g/mol. The summed E-state index contributed by atoms with van der Waals surface area (Å²) in [6.45, 7) is 6.33. The molecule has 1 N–H and O–H groups in total. The third-order valence-corrected chi connectivity index (χ3v) is 2.86. The van der Waals surface area contributed by atoms with Crippen LogP contribution in [0.1, 0.15) is 13.8 Å². The largest absolute Gasteiger partial charge is 0.481 e. The van der Waals surface area contributed by atoms with Gasteiger partial charge in [-0.2, -0.15) is 0 Å². The van der Waals surface area contributed by atoms with Crippen molar-refractivity contribution in [2.75, 3.05) is 0 Å². The fourth-order valence-corrected chi connectivity index (χ4v) is 1.75. The summed E-state index contributed by atoms with van der Waals surface area (Å²) in [5, 5.41) is 8.62. The fraction of sp³-hybridized carbons (Fsp3) is 0.118. The summed E-state index contributed by atoms with van der Waals surface area (Å²) in [5.74, 6) is -0.833. The van der Waals surface area contributed by atoms with Crippen LogP contribution in [0, 0.1) is 0 Å². The van der Waals surface area contributed by atoms with Crippen molar-refractivity contribution < 1.29 is 9.90 Å². The molecule has 112 valence electrons. The first kappa shape index (κ1) is 19.2. The maximum Gasteiger partial charge on any atom is 0.300 e. The van der Waals surface area contributed by atoms with Gasteiger partial charge in [0.1, 0.15) is 0 Å². The normalized spacial score (nSPS) is 8.57. The van der Waals surface area contributed by atoms with Crippen LogP contribution < -0.4 is 0 Å². The molecule has 0 fully saturated rings. The number of hydrogen-bond acceptors (Lipinski definition) is 1. The Bertz CT molecular complexity index is 562. The van der Waals surface area contributed by atoms with E-state index in [0.717, 1.165) is 18.1 Å². The summed E-state index contributed by atoms with van der Waals surface area (Å²) in [4.78, 5) is 9.00. The second-order valence-electron chi connectivity index (χ2n) is 3.89. The van der Waals surface area contributed by atoms with Gasteiger partial charge >= 0.3 is 0 Å². The van der Waals surface area contributed by atoms with E-state index >= 15 is 0 Å². The summed E-state index contributed by atoms with van der Waals surface area (Å²) in [5.41, 5.74) is 2.06. The summed E-state index contributed by atoms with van der Waals surface area (Å²) < 4.78 is 0. The highest BCUT2D eigenvalue weighted by molar-refractivity contribution is 6.43. The molecule has 2 aromatic rings. The minimum Gasteiger partial charge on any atom is -0.481 e. The molecule has 2 rings (SSSR count). The lowest BCUT2D eigenvalue weighted by atomic mass is 10.1. The highest BCUT2D eigenvalue weighted by Crippen LogP contribution is 2.32. The van der Waals surface area contributed by atoms with Gasteiger partial charge in [-0.3, -0.25) is 4.79 Å². The third kappa shape index (κ3) is 8.18. The van der Waals surface area contributed by atoms with Crippen LogP contribution in [0.4, 0.5) is 0 Å². The molecule has 0 aromatic heterocycles. The highest BCUT2D eigenvalue weighted by Gasteiger charge is 2.05. The van der Waals surface area contributed by atoms with Crippen molar-refractivity contribution in [1.29, 1.82) is 0 Å². The van der Waals surface area contributed by atoms with Gasteiger partial charge in [-0.15, -0.1) is 6.58 Å². The summed E-state index contributed by atoms with van der Waals surface area (Å²) in [7, 11) is 0. The van der Waals surface area contributed by atoms with Gasteiger partial charge in [0.05, 0.1) is 10.0 Å². The van der Waals surface area contributed by atoms with E-state index in [1.54, 1.807) is 12.1 Å². The molecule has 0 atom stereocenters. The van der Waals surface area contributed by atoms with Crippen LogP contribution in [0.3, 0.4) is 0 Å². The summed E-state index contributed by atoms with van der Waals surface area (Å²) in [6, 6.07) is 15.6. The summed E-state index contributed by atoms with van der Waals surface area (Å²) >= 11 is 12.0. The van der Waals surface area contributed by atoms with Gasteiger partial charge in [0.25, 0.3) is 5.97 Å². The Balaban J connectivity index is 0.000000486. The quantitative estimate of drug-likeness (QED) is 0.658. The molecule has 0 aliphatic heterocycles.